The van der Waals surface area contributed by atoms with Crippen LogP contribution in [0.15, 0.2) is 12.1 Å². The third-order valence-electron chi connectivity index (χ3n) is 3.35. The molecule has 0 saturated carbocycles. The molecule has 4 nitrogen and oxygen atoms in total. The number of aliphatic hydroxyl groups excluding tert-OH is 1. The molecule has 19 heavy (non-hydrogen) atoms. The van der Waals surface area contributed by atoms with Crippen LogP contribution in [-0.4, -0.2) is 24.2 Å². The first-order valence-electron chi connectivity index (χ1n) is 6.45. The first-order valence-corrected chi connectivity index (χ1v) is 6.45. The smallest absolute Gasteiger partial charge is 0.305 e. The van der Waals surface area contributed by atoms with Gasteiger partial charge < -0.3 is 15.6 Å². The van der Waals surface area contributed by atoms with Gasteiger partial charge in [0.05, 0.1) is 13.2 Å². The van der Waals surface area contributed by atoms with Crippen molar-refractivity contribution >= 4 is 5.97 Å². The van der Waals surface area contributed by atoms with Gasteiger partial charge in [-0.2, -0.15) is 0 Å². The van der Waals surface area contributed by atoms with Gasteiger partial charge in [0.15, 0.2) is 0 Å². The molecule has 2 atom stereocenters. The predicted molar refractivity (Wildman–Crippen MR) is 74.8 cm³/mol. The molecule has 1 aromatic rings. The van der Waals surface area contributed by atoms with E-state index in [4.69, 9.17) is 5.73 Å². The molecule has 2 unspecified atom stereocenters. The van der Waals surface area contributed by atoms with Crippen molar-refractivity contribution < 1.29 is 14.6 Å². The Morgan fingerprint density at radius 2 is 1.84 bits per heavy atom. The fourth-order valence-corrected chi connectivity index (χ4v) is 2.42. The highest BCUT2D eigenvalue weighted by Crippen LogP contribution is 2.26. The SMILES string of the molecule is COC(=O)CCC(N)C(O)c1c(C)cc(C)cc1C. The zero-order chi connectivity index (χ0) is 14.6. The molecule has 0 bridgehead atoms. The summed E-state index contributed by atoms with van der Waals surface area (Å²) in [5, 5.41) is 10.4. The third kappa shape index (κ3) is 4.04. The van der Waals surface area contributed by atoms with Crippen LogP contribution in [0, 0.1) is 20.8 Å². The fourth-order valence-electron chi connectivity index (χ4n) is 2.42. The summed E-state index contributed by atoms with van der Waals surface area (Å²) in [4.78, 5) is 11.1. The minimum absolute atomic E-state index is 0.221. The number of aryl methyl sites for hydroxylation is 3. The fraction of sp³-hybridized carbons (Fsp3) is 0.533. The highest BCUT2D eigenvalue weighted by molar-refractivity contribution is 5.69. The second-order valence-corrected chi connectivity index (χ2v) is 5.04. The second kappa shape index (κ2) is 6.68. The van der Waals surface area contributed by atoms with Crippen molar-refractivity contribution in [2.24, 2.45) is 5.73 Å². The van der Waals surface area contributed by atoms with Crippen LogP contribution in [0.4, 0.5) is 0 Å². The molecule has 0 saturated heterocycles. The Hall–Kier alpha value is -1.39. The number of rotatable bonds is 5. The zero-order valence-electron chi connectivity index (χ0n) is 12.1. The van der Waals surface area contributed by atoms with Crippen molar-refractivity contribution in [2.75, 3.05) is 7.11 Å². The number of benzene rings is 1. The molecule has 0 aliphatic carbocycles. The minimum atomic E-state index is -0.759. The number of methoxy groups -OCH3 is 1. The molecule has 3 N–H and O–H groups in total. The summed E-state index contributed by atoms with van der Waals surface area (Å²) in [6.07, 6.45) is -0.135. The summed E-state index contributed by atoms with van der Waals surface area (Å²) in [5.74, 6) is -0.306. The number of ether oxygens (including phenoxy) is 1. The Morgan fingerprint density at radius 3 is 2.32 bits per heavy atom. The number of hydrogen-bond acceptors (Lipinski definition) is 4. The standard InChI is InChI=1S/C15H23NO3/c1-9-7-10(2)14(11(3)8-9)15(18)12(16)5-6-13(17)19-4/h7-8,12,15,18H,5-6,16H2,1-4H3. The lowest BCUT2D eigenvalue weighted by Crippen LogP contribution is -2.30. The summed E-state index contributed by atoms with van der Waals surface area (Å²) in [7, 11) is 1.35. The summed E-state index contributed by atoms with van der Waals surface area (Å²) in [6, 6.07) is 3.58. The van der Waals surface area contributed by atoms with E-state index >= 15 is 0 Å². The quantitative estimate of drug-likeness (QED) is 0.798. The van der Waals surface area contributed by atoms with E-state index in [0.717, 1.165) is 22.3 Å². The van der Waals surface area contributed by atoms with Crippen LogP contribution >= 0.6 is 0 Å². The van der Waals surface area contributed by atoms with E-state index in [0.29, 0.717) is 6.42 Å². The zero-order valence-corrected chi connectivity index (χ0v) is 12.1. The summed E-state index contributed by atoms with van der Waals surface area (Å²) in [6.45, 7) is 5.95. The molecule has 0 fully saturated rings. The maximum Gasteiger partial charge on any atom is 0.305 e. The normalized spacial score (nSPS) is 14.0. The van der Waals surface area contributed by atoms with Gasteiger partial charge in [0.25, 0.3) is 0 Å². The molecule has 0 aliphatic rings. The monoisotopic (exact) mass is 265 g/mol. The van der Waals surface area contributed by atoms with Gasteiger partial charge in [0.1, 0.15) is 0 Å². The Bertz CT molecular complexity index is 434. The van der Waals surface area contributed by atoms with Gasteiger partial charge in [-0.1, -0.05) is 17.7 Å². The number of nitrogens with two attached hydrogens (primary N) is 1. The molecule has 0 spiro atoms. The second-order valence-electron chi connectivity index (χ2n) is 5.04. The van der Waals surface area contributed by atoms with Gasteiger partial charge in [-0.15, -0.1) is 0 Å². The maximum absolute atomic E-state index is 11.1. The Labute approximate surface area is 114 Å². The molecule has 4 heteroatoms. The molecule has 0 radical (unpaired) electrons. The molecule has 0 aromatic heterocycles. The van der Waals surface area contributed by atoms with Crippen molar-refractivity contribution in [3.8, 4) is 0 Å². The molecular weight excluding hydrogens is 242 g/mol. The topological polar surface area (TPSA) is 72.5 Å². The van der Waals surface area contributed by atoms with Crippen molar-refractivity contribution in [1.29, 1.82) is 0 Å². The van der Waals surface area contributed by atoms with E-state index in [1.807, 2.05) is 32.9 Å². The van der Waals surface area contributed by atoms with Gasteiger partial charge in [0, 0.05) is 12.5 Å². The van der Waals surface area contributed by atoms with Gasteiger partial charge in [-0.05, 0) is 43.9 Å². The Morgan fingerprint density at radius 1 is 1.32 bits per heavy atom. The average Bonchev–Trinajstić information content (AvgIpc) is 2.33. The molecule has 106 valence electrons. The van der Waals surface area contributed by atoms with E-state index < -0.39 is 12.1 Å². The van der Waals surface area contributed by atoms with Crippen LogP contribution in [0.25, 0.3) is 0 Å². The molecule has 0 amide bonds. The number of hydrogen-bond donors (Lipinski definition) is 2. The minimum Gasteiger partial charge on any atom is -0.469 e. The highest BCUT2D eigenvalue weighted by Gasteiger charge is 2.21. The first-order chi connectivity index (χ1) is 8.86. The van der Waals surface area contributed by atoms with Gasteiger partial charge in [0.2, 0.25) is 0 Å². The van der Waals surface area contributed by atoms with E-state index in [1.165, 1.54) is 7.11 Å². The summed E-state index contributed by atoms with van der Waals surface area (Å²) in [5.41, 5.74) is 10.0. The van der Waals surface area contributed by atoms with Crippen LogP contribution in [-0.2, 0) is 9.53 Å². The molecule has 1 rings (SSSR count). The Kier molecular flexibility index (Phi) is 5.51. The van der Waals surface area contributed by atoms with Crippen LogP contribution < -0.4 is 5.73 Å². The van der Waals surface area contributed by atoms with Crippen molar-refractivity contribution in [1.82, 2.24) is 0 Å². The number of aliphatic hydroxyl groups is 1. The van der Waals surface area contributed by atoms with Crippen LogP contribution in [0.2, 0.25) is 0 Å². The van der Waals surface area contributed by atoms with Crippen LogP contribution in [0.1, 0.15) is 41.2 Å². The number of carbonyl (C=O) groups excluding carboxylic acids is 1. The van der Waals surface area contributed by atoms with Crippen LogP contribution in [0.3, 0.4) is 0 Å². The van der Waals surface area contributed by atoms with Crippen molar-refractivity contribution in [2.45, 2.75) is 45.8 Å². The van der Waals surface area contributed by atoms with Crippen molar-refractivity contribution in [3.63, 3.8) is 0 Å². The predicted octanol–water partition coefficient (Wildman–Crippen LogP) is 1.93. The largest absolute Gasteiger partial charge is 0.469 e. The van der Waals surface area contributed by atoms with Gasteiger partial charge in [-0.25, -0.2) is 0 Å². The van der Waals surface area contributed by atoms with Crippen LogP contribution in [0.5, 0.6) is 0 Å². The molecule has 1 aromatic carbocycles. The first kappa shape index (κ1) is 15.7. The lowest BCUT2D eigenvalue weighted by Gasteiger charge is -2.23. The third-order valence-corrected chi connectivity index (χ3v) is 3.35. The maximum atomic E-state index is 11.1. The van der Waals surface area contributed by atoms with E-state index in [-0.39, 0.29) is 12.4 Å². The lowest BCUT2D eigenvalue weighted by atomic mass is 9.91. The molecular formula is C15H23NO3. The van der Waals surface area contributed by atoms with Gasteiger partial charge in [-0.3, -0.25) is 4.79 Å². The Balaban J connectivity index is 2.82. The molecule has 0 aliphatic heterocycles. The van der Waals surface area contributed by atoms with Gasteiger partial charge >= 0.3 is 5.97 Å². The number of esters is 1. The van der Waals surface area contributed by atoms with E-state index in [2.05, 4.69) is 4.74 Å². The summed E-state index contributed by atoms with van der Waals surface area (Å²) < 4.78 is 4.57. The summed E-state index contributed by atoms with van der Waals surface area (Å²) >= 11 is 0. The lowest BCUT2D eigenvalue weighted by molar-refractivity contribution is -0.140. The van der Waals surface area contributed by atoms with Crippen molar-refractivity contribution in [3.05, 3.63) is 34.4 Å². The number of carbonyl (C=O) groups is 1. The van der Waals surface area contributed by atoms with E-state index in [1.54, 1.807) is 0 Å². The molecule has 0 heterocycles. The average molecular weight is 265 g/mol. The highest BCUT2D eigenvalue weighted by atomic mass is 16.5. The van der Waals surface area contributed by atoms with E-state index in [9.17, 15) is 9.90 Å².